The molecule has 6 heteroatoms. The van der Waals surface area contributed by atoms with Crippen LogP contribution in [0.15, 0.2) is 18.3 Å². The molecule has 0 aliphatic carbocycles. The number of pyridine rings is 1. The molecule has 2 N–H and O–H groups in total. The molecular formula is C10H14N4O2. The maximum atomic E-state index is 10.9. The SMILES string of the molecule is NC[C@@H]1CCCN1c1ncccc1[N+](=O)[O-]. The van der Waals surface area contributed by atoms with Gasteiger partial charge in [0, 0.05) is 31.4 Å². The molecule has 86 valence electrons. The summed E-state index contributed by atoms with van der Waals surface area (Å²) in [6.07, 6.45) is 3.56. The lowest BCUT2D eigenvalue weighted by atomic mass is 10.2. The maximum Gasteiger partial charge on any atom is 0.311 e. The zero-order chi connectivity index (χ0) is 11.5. The van der Waals surface area contributed by atoms with Crippen molar-refractivity contribution < 1.29 is 4.92 Å². The third-order valence-electron chi connectivity index (χ3n) is 2.88. The van der Waals surface area contributed by atoms with Gasteiger partial charge in [0.25, 0.3) is 0 Å². The van der Waals surface area contributed by atoms with Crippen LogP contribution in [0.25, 0.3) is 0 Å². The number of rotatable bonds is 3. The van der Waals surface area contributed by atoms with Crippen LogP contribution in [0.3, 0.4) is 0 Å². The number of anilines is 1. The van der Waals surface area contributed by atoms with E-state index in [-0.39, 0.29) is 11.7 Å². The molecule has 0 bridgehead atoms. The first-order chi connectivity index (χ1) is 7.74. The van der Waals surface area contributed by atoms with E-state index in [0.29, 0.717) is 12.4 Å². The molecule has 6 nitrogen and oxygen atoms in total. The van der Waals surface area contributed by atoms with E-state index < -0.39 is 4.92 Å². The van der Waals surface area contributed by atoms with Gasteiger partial charge in [-0.2, -0.15) is 0 Å². The van der Waals surface area contributed by atoms with Crippen LogP contribution in [0.2, 0.25) is 0 Å². The van der Waals surface area contributed by atoms with Crippen LogP contribution in [0.5, 0.6) is 0 Å². The van der Waals surface area contributed by atoms with Crippen LogP contribution in [0.1, 0.15) is 12.8 Å². The van der Waals surface area contributed by atoms with E-state index in [4.69, 9.17) is 5.73 Å². The second-order valence-electron chi connectivity index (χ2n) is 3.83. The van der Waals surface area contributed by atoms with Gasteiger partial charge in [0.2, 0.25) is 5.82 Å². The number of nitrogens with two attached hydrogens (primary N) is 1. The minimum atomic E-state index is -0.395. The fraction of sp³-hybridized carbons (Fsp3) is 0.500. The summed E-state index contributed by atoms with van der Waals surface area (Å²) in [5, 5.41) is 10.9. The van der Waals surface area contributed by atoms with Gasteiger partial charge >= 0.3 is 5.69 Å². The normalized spacial score (nSPS) is 20.1. The molecule has 0 aromatic carbocycles. The Morgan fingerprint density at radius 1 is 1.69 bits per heavy atom. The first-order valence-corrected chi connectivity index (χ1v) is 5.30. The molecule has 1 aromatic heterocycles. The molecule has 1 aromatic rings. The second kappa shape index (κ2) is 4.44. The molecule has 2 rings (SSSR count). The van der Waals surface area contributed by atoms with Crippen LogP contribution < -0.4 is 10.6 Å². The summed E-state index contributed by atoms with van der Waals surface area (Å²) in [7, 11) is 0. The molecule has 1 atom stereocenters. The third-order valence-corrected chi connectivity index (χ3v) is 2.88. The van der Waals surface area contributed by atoms with Gasteiger partial charge in [0.1, 0.15) is 0 Å². The molecule has 16 heavy (non-hydrogen) atoms. The van der Waals surface area contributed by atoms with Gasteiger partial charge < -0.3 is 10.6 Å². The summed E-state index contributed by atoms with van der Waals surface area (Å²) in [6, 6.07) is 3.23. The number of hydrogen-bond acceptors (Lipinski definition) is 5. The fourth-order valence-electron chi connectivity index (χ4n) is 2.11. The predicted molar refractivity (Wildman–Crippen MR) is 60.3 cm³/mol. The van der Waals surface area contributed by atoms with E-state index in [1.165, 1.54) is 6.07 Å². The van der Waals surface area contributed by atoms with Gasteiger partial charge in [-0.1, -0.05) is 0 Å². The lowest BCUT2D eigenvalue weighted by Gasteiger charge is -2.23. The lowest BCUT2D eigenvalue weighted by molar-refractivity contribution is -0.384. The Hall–Kier alpha value is -1.69. The quantitative estimate of drug-likeness (QED) is 0.607. The molecule has 1 aliphatic heterocycles. The van der Waals surface area contributed by atoms with Crippen LogP contribution in [-0.4, -0.2) is 29.0 Å². The minimum Gasteiger partial charge on any atom is -0.347 e. The van der Waals surface area contributed by atoms with Crippen molar-refractivity contribution in [2.24, 2.45) is 5.73 Å². The van der Waals surface area contributed by atoms with Crippen molar-refractivity contribution in [1.29, 1.82) is 0 Å². The van der Waals surface area contributed by atoms with Crippen molar-refractivity contribution in [2.75, 3.05) is 18.0 Å². The molecule has 2 heterocycles. The second-order valence-corrected chi connectivity index (χ2v) is 3.83. The molecule has 0 unspecified atom stereocenters. The smallest absolute Gasteiger partial charge is 0.311 e. The topological polar surface area (TPSA) is 85.3 Å². The highest BCUT2D eigenvalue weighted by Crippen LogP contribution is 2.30. The summed E-state index contributed by atoms with van der Waals surface area (Å²) in [4.78, 5) is 16.5. The summed E-state index contributed by atoms with van der Waals surface area (Å²) >= 11 is 0. The molecule has 0 spiro atoms. The number of aromatic nitrogens is 1. The van der Waals surface area contributed by atoms with Crippen molar-refractivity contribution in [3.05, 3.63) is 28.4 Å². The standard InChI is InChI=1S/C10H14N4O2/c11-7-8-3-2-6-13(8)10-9(14(15)16)4-1-5-12-10/h1,4-5,8H,2-3,6-7,11H2/t8-/m0/s1. The molecule has 0 radical (unpaired) electrons. The van der Waals surface area contributed by atoms with Crippen LogP contribution in [-0.2, 0) is 0 Å². The predicted octanol–water partition coefficient (Wildman–Crippen LogP) is 0.917. The van der Waals surface area contributed by atoms with E-state index >= 15 is 0 Å². The maximum absolute atomic E-state index is 10.9. The highest BCUT2D eigenvalue weighted by atomic mass is 16.6. The van der Waals surface area contributed by atoms with Crippen molar-refractivity contribution in [2.45, 2.75) is 18.9 Å². The van der Waals surface area contributed by atoms with E-state index in [1.807, 2.05) is 4.90 Å². The van der Waals surface area contributed by atoms with Gasteiger partial charge in [0.05, 0.1) is 4.92 Å². The van der Waals surface area contributed by atoms with Crippen molar-refractivity contribution in [1.82, 2.24) is 4.98 Å². The molecule has 0 amide bonds. The Bertz CT molecular complexity index is 396. The van der Waals surface area contributed by atoms with Crippen LogP contribution >= 0.6 is 0 Å². The number of hydrogen-bond donors (Lipinski definition) is 1. The lowest BCUT2D eigenvalue weighted by Crippen LogP contribution is -2.36. The van der Waals surface area contributed by atoms with E-state index in [9.17, 15) is 10.1 Å². The first-order valence-electron chi connectivity index (χ1n) is 5.30. The zero-order valence-corrected chi connectivity index (χ0v) is 8.87. The largest absolute Gasteiger partial charge is 0.347 e. The van der Waals surface area contributed by atoms with Crippen LogP contribution in [0.4, 0.5) is 11.5 Å². The average Bonchev–Trinajstić information content (AvgIpc) is 2.76. The number of nitrogens with zero attached hydrogens (tertiary/aromatic N) is 3. The van der Waals surface area contributed by atoms with Crippen LogP contribution in [0, 0.1) is 10.1 Å². The van der Waals surface area contributed by atoms with Gasteiger partial charge in [0.15, 0.2) is 0 Å². The minimum absolute atomic E-state index is 0.0582. The highest BCUT2D eigenvalue weighted by Gasteiger charge is 2.29. The van der Waals surface area contributed by atoms with Crippen molar-refractivity contribution in [3.63, 3.8) is 0 Å². The zero-order valence-electron chi connectivity index (χ0n) is 8.87. The summed E-state index contributed by atoms with van der Waals surface area (Å²) in [5.41, 5.74) is 5.71. The van der Waals surface area contributed by atoms with E-state index in [2.05, 4.69) is 4.98 Å². The summed E-state index contributed by atoms with van der Waals surface area (Å²) in [5.74, 6) is 0.445. The van der Waals surface area contributed by atoms with Crippen molar-refractivity contribution >= 4 is 11.5 Å². The van der Waals surface area contributed by atoms with E-state index in [0.717, 1.165) is 19.4 Å². The fourth-order valence-corrected chi connectivity index (χ4v) is 2.11. The average molecular weight is 222 g/mol. The molecule has 1 saturated heterocycles. The molecular weight excluding hydrogens is 208 g/mol. The Kier molecular flexibility index (Phi) is 3.00. The number of nitro groups is 1. The van der Waals surface area contributed by atoms with Gasteiger partial charge in [-0.25, -0.2) is 4.98 Å². The van der Waals surface area contributed by atoms with Gasteiger partial charge in [-0.3, -0.25) is 10.1 Å². The molecule has 0 saturated carbocycles. The van der Waals surface area contributed by atoms with Crippen molar-refractivity contribution in [3.8, 4) is 0 Å². The Morgan fingerprint density at radius 3 is 3.19 bits per heavy atom. The molecule has 1 aliphatic rings. The van der Waals surface area contributed by atoms with E-state index in [1.54, 1.807) is 12.3 Å². The van der Waals surface area contributed by atoms with Gasteiger partial charge in [-0.15, -0.1) is 0 Å². The monoisotopic (exact) mass is 222 g/mol. The third kappa shape index (κ3) is 1.83. The summed E-state index contributed by atoms with van der Waals surface area (Å²) < 4.78 is 0. The molecule has 1 fully saturated rings. The summed E-state index contributed by atoms with van der Waals surface area (Å²) in [6.45, 7) is 1.30. The highest BCUT2D eigenvalue weighted by molar-refractivity contribution is 5.58. The Morgan fingerprint density at radius 2 is 2.50 bits per heavy atom. The Labute approximate surface area is 93.2 Å². The van der Waals surface area contributed by atoms with Gasteiger partial charge in [-0.05, 0) is 18.9 Å². The Balaban J connectivity index is 2.35. The first kappa shape index (κ1) is 10.8.